The summed E-state index contributed by atoms with van der Waals surface area (Å²) in [6, 6.07) is 11.0. The molecule has 0 aliphatic carbocycles. The van der Waals surface area contributed by atoms with Crippen molar-refractivity contribution in [3.8, 4) is 0 Å². The third kappa shape index (κ3) is 5.49. The summed E-state index contributed by atoms with van der Waals surface area (Å²) >= 11 is 6.48. The summed E-state index contributed by atoms with van der Waals surface area (Å²) in [4.78, 5) is 42.2. The molecule has 29 heavy (non-hydrogen) atoms. The van der Waals surface area contributed by atoms with Gasteiger partial charge in [0.15, 0.2) is 0 Å². The van der Waals surface area contributed by atoms with Gasteiger partial charge >= 0.3 is 0 Å². The first-order valence-electron chi connectivity index (χ1n) is 8.75. The number of hydrazine groups is 1. The first-order valence-corrected chi connectivity index (χ1v) is 9.98. The van der Waals surface area contributed by atoms with Crippen LogP contribution in [-0.4, -0.2) is 38.5 Å². The van der Waals surface area contributed by atoms with Crippen LogP contribution in [0.4, 0.5) is 0 Å². The average Bonchev–Trinajstić information content (AvgIpc) is 2.99. The quantitative estimate of drug-likeness (QED) is 0.434. The monoisotopic (exact) mass is 426 g/mol. The fourth-order valence-electron chi connectivity index (χ4n) is 2.48. The number of hydrogen-bond acceptors (Lipinski definition) is 6. The molecule has 0 unspecified atom stereocenters. The first-order chi connectivity index (χ1) is 13.9. The van der Waals surface area contributed by atoms with Crippen molar-refractivity contribution in [1.29, 1.82) is 0 Å². The minimum atomic E-state index is -0.474. The number of amides is 3. The van der Waals surface area contributed by atoms with Gasteiger partial charge in [-0.3, -0.25) is 35.1 Å². The van der Waals surface area contributed by atoms with Crippen LogP contribution in [0.3, 0.4) is 0 Å². The topological polar surface area (TPSA) is 91.4 Å². The number of aryl methyl sites for hydroxylation is 1. The molecule has 0 bridgehead atoms. The number of nitrogens with zero attached hydrogens (tertiary/aromatic N) is 2. The Balaban J connectivity index is 1.51. The van der Waals surface area contributed by atoms with Gasteiger partial charge in [-0.05, 0) is 30.7 Å². The van der Waals surface area contributed by atoms with Crippen molar-refractivity contribution in [3.05, 3.63) is 70.4 Å². The van der Waals surface area contributed by atoms with Crippen molar-refractivity contribution < 1.29 is 14.4 Å². The molecule has 1 aromatic carbocycles. The molecule has 0 saturated carbocycles. The van der Waals surface area contributed by atoms with E-state index in [0.717, 1.165) is 11.1 Å². The second-order valence-corrected chi connectivity index (χ2v) is 7.91. The number of aromatic nitrogens is 1. The summed E-state index contributed by atoms with van der Waals surface area (Å²) in [5.74, 6) is -1.13. The SMILES string of the molecule is Cc1ccc(/C=C2/SC(=S)N(CCC(=O)NNC(=O)c3cccnc3)C2=O)cc1. The molecule has 0 radical (unpaired) electrons. The van der Waals surface area contributed by atoms with Gasteiger partial charge in [0.25, 0.3) is 11.8 Å². The molecule has 0 spiro atoms. The highest BCUT2D eigenvalue weighted by Gasteiger charge is 2.32. The minimum Gasteiger partial charge on any atom is -0.292 e. The van der Waals surface area contributed by atoms with Crippen LogP contribution in [0.2, 0.25) is 0 Å². The number of hydrogen-bond donors (Lipinski definition) is 2. The van der Waals surface area contributed by atoms with E-state index >= 15 is 0 Å². The van der Waals surface area contributed by atoms with Crippen LogP contribution in [0.15, 0.2) is 53.7 Å². The normalized spacial score (nSPS) is 14.9. The van der Waals surface area contributed by atoms with Crippen LogP contribution in [0.25, 0.3) is 6.08 Å². The molecule has 1 fully saturated rings. The fraction of sp³-hybridized carbons (Fsp3) is 0.150. The van der Waals surface area contributed by atoms with Gasteiger partial charge in [0.2, 0.25) is 5.91 Å². The molecule has 3 amide bonds. The maximum Gasteiger partial charge on any atom is 0.271 e. The predicted octanol–water partition coefficient (Wildman–Crippen LogP) is 2.44. The maximum absolute atomic E-state index is 12.6. The second-order valence-electron chi connectivity index (χ2n) is 6.24. The zero-order chi connectivity index (χ0) is 20.8. The number of thioether (sulfide) groups is 1. The summed E-state index contributed by atoms with van der Waals surface area (Å²) in [5.41, 5.74) is 7.00. The molecule has 1 aromatic heterocycles. The smallest absolute Gasteiger partial charge is 0.271 e. The van der Waals surface area contributed by atoms with Gasteiger partial charge in [-0.1, -0.05) is 53.8 Å². The summed E-state index contributed by atoms with van der Waals surface area (Å²) in [6.45, 7) is 2.12. The van der Waals surface area contributed by atoms with E-state index in [-0.39, 0.29) is 18.9 Å². The highest BCUT2D eigenvalue weighted by Crippen LogP contribution is 2.32. The van der Waals surface area contributed by atoms with E-state index in [2.05, 4.69) is 15.8 Å². The molecule has 1 saturated heterocycles. The Morgan fingerprint density at radius 3 is 2.66 bits per heavy atom. The van der Waals surface area contributed by atoms with Crippen molar-refractivity contribution >= 4 is 52.1 Å². The van der Waals surface area contributed by atoms with Gasteiger partial charge in [-0.15, -0.1) is 0 Å². The van der Waals surface area contributed by atoms with Crippen LogP contribution < -0.4 is 10.9 Å². The van der Waals surface area contributed by atoms with Crippen molar-refractivity contribution in [2.24, 2.45) is 0 Å². The lowest BCUT2D eigenvalue weighted by molar-refractivity contribution is -0.124. The number of rotatable bonds is 5. The van der Waals surface area contributed by atoms with E-state index in [1.54, 1.807) is 24.4 Å². The Labute approximate surface area is 177 Å². The van der Waals surface area contributed by atoms with E-state index < -0.39 is 11.8 Å². The van der Waals surface area contributed by atoms with Gasteiger partial charge in [-0.2, -0.15) is 0 Å². The Morgan fingerprint density at radius 1 is 1.21 bits per heavy atom. The lowest BCUT2D eigenvalue weighted by Crippen LogP contribution is -2.43. The van der Waals surface area contributed by atoms with Crippen molar-refractivity contribution in [2.45, 2.75) is 13.3 Å². The summed E-state index contributed by atoms with van der Waals surface area (Å²) in [6.07, 6.45) is 4.72. The van der Waals surface area contributed by atoms with Crippen LogP contribution >= 0.6 is 24.0 Å². The molecule has 7 nitrogen and oxygen atoms in total. The molecular formula is C20H18N4O3S2. The lowest BCUT2D eigenvalue weighted by atomic mass is 10.1. The molecule has 2 heterocycles. The van der Waals surface area contributed by atoms with E-state index in [4.69, 9.17) is 12.2 Å². The first kappa shape index (κ1) is 20.7. The third-order valence-corrected chi connectivity index (χ3v) is 5.43. The number of thiocarbonyl (C=S) groups is 1. The van der Waals surface area contributed by atoms with E-state index in [9.17, 15) is 14.4 Å². The van der Waals surface area contributed by atoms with Crippen LogP contribution in [0, 0.1) is 6.92 Å². The summed E-state index contributed by atoms with van der Waals surface area (Å²) in [5, 5.41) is 0. The Hall–Kier alpha value is -3.04. The molecule has 2 N–H and O–H groups in total. The van der Waals surface area contributed by atoms with Gasteiger partial charge in [0.1, 0.15) is 4.32 Å². The summed E-state index contributed by atoms with van der Waals surface area (Å²) in [7, 11) is 0. The van der Waals surface area contributed by atoms with Gasteiger partial charge < -0.3 is 0 Å². The van der Waals surface area contributed by atoms with Crippen LogP contribution in [0.1, 0.15) is 27.9 Å². The van der Waals surface area contributed by atoms with Gasteiger partial charge in [0.05, 0.1) is 10.5 Å². The predicted molar refractivity (Wildman–Crippen MR) is 116 cm³/mol. The van der Waals surface area contributed by atoms with Crippen molar-refractivity contribution in [1.82, 2.24) is 20.7 Å². The van der Waals surface area contributed by atoms with Gasteiger partial charge in [0, 0.05) is 25.4 Å². The third-order valence-electron chi connectivity index (χ3n) is 4.05. The molecule has 3 rings (SSSR count). The fourth-order valence-corrected chi connectivity index (χ4v) is 3.79. The second kappa shape index (κ2) is 9.44. The number of carbonyl (C=O) groups is 3. The molecule has 148 valence electrons. The minimum absolute atomic E-state index is 0.00241. The van der Waals surface area contributed by atoms with E-state index in [1.165, 1.54) is 22.9 Å². The molecule has 2 aromatic rings. The number of nitrogens with one attached hydrogen (secondary N) is 2. The lowest BCUT2D eigenvalue weighted by Gasteiger charge is -2.14. The average molecular weight is 427 g/mol. The zero-order valence-corrected chi connectivity index (χ0v) is 17.2. The number of benzene rings is 1. The molecular weight excluding hydrogens is 408 g/mol. The molecule has 9 heteroatoms. The highest BCUT2D eigenvalue weighted by molar-refractivity contribution is 8.26. The largest absolute Gasteiger partial charge is 0.292 e. The van der Waals surface area contributed by atoms with Crippen LogP contribution in [-0.2, 0) is 9.59 Å². The Kier molecular flexibility index (Phi) is 6.73. The van der Waals surface area contributed by atoms with E-state index in [0.29, 0.717) is 14.8 Å². The maximum atomic E-state index is 12.6. The molecule has 1 aliphatic heterocycles. The molecule has 0 atom stereocenters. The van der Waals surface area contributed by atoms with Crippen LogP contribution in [0.5, 0.6) is 0 Å². The Bertz CT molecular complexity index is 975. The highest BCUT2D eigenvalue weighted by atomic mass is 32.2. The van der Waals surface area contributed by atoms with E-state index in [1.807, 2.05) is 31.2 Å². The number of carbonyl (C=O) groups excluding carboxylic acids is 3. The van der Waals surface area contributed by atoms with Gasteiger partial charge in [-0.25, -0.2) is 0 Å². The van der Waals surface area contributed by atoms with Crippen molar-refractivity contribution in [2.75, 3.05) is 6.54 Å². The standard InChI is InChI=1S/C20H18N4O3S2/c1-13-4-6-14(7-5-13)11-16-19(27)24(20(28)29-16)10-8-17(25)22-23-18(26)15-3-2-9-21-12-15/h2-7,9,11-12H,8,10H2,1H3,(H,22,25)(H,23,26)/b16-11+. The van der Waals surface area contributed by atoms with Crippen molar-refractivity contribution in [3.63, 3.8) is 0 Å². The zero-order valence-electron chi connectivity index (χ0n) is 15.5. The Morgan fingerprint density at radius 2 is 1.97 bits per heavy atom. The number of pyridine rings is 1. The summed E-state index contributed by atoms with van der Waals surface area (Å²) < 4.78 is 0.403. The molecule has 1 aliphatic rings.